The molecule has 0 bridgehead atoms. The monoisotopic (exact) mass is 364 g/mol. The van der Waals surface area contributed by atoms with Crippen LogP contribution in [0.4, 0.5) is 0 Å². The molecule has 1 aromatic carbocycles. The fraction of sp³-hybridized carbons (Fsp3) is 0.286. The summed E-state index contributed by atoms with van der Waals surface area (Å²) in [5, 5.41) is 0. The average molecular weight is 364 g/mol. The van der Waals surface area contributed by atoms with E-state index in [4.69, 9.17) is 4.74 Å². The number of ether oxygens (including phenoxy) is 1. The lowest BCUT2D eigenvalue weighted by molar-refractivity contribution is 0.281. The van der Waals surface area contributed by atoms with Crippen molar-refractivity contribution in [3.8, 4) is 17.3 Å². The van der Waals surface area contributed by atoms with Crippen molar-refractivity contribution in [2.45, 2.75) is 13.0 Å². The predicted molar refractivity (Wildman–Crippen MR) is 106 cm³/mol. The van der Waals surface area contributed by atoms with Gasteiger partial charge >= 0.3 is 0 Å². The minimum atomic E-state index is -0.153. The van der Waals surface area contributed by atoms with Gasteiger partial charge in [0.1, 0.15) is 0 Å². The van der Waals surface area contributed by atoms with Gasteiger partial charge in [-0.05, 0) is 37.4 Å². The zero-order valence-electron chi connectivity index (χ0n) is 15.9. The van der Waals surface area contributed by atoms with E-state index >= 15 is 0 Å². The lowest BCUT2D eigenvalue weighted by Gasteiger charge is -2.12. The van der Waals surface area contributed by atoms with E-state index in [1.807, 2.05) is 12.1 Å². The largest absolute Gasteiger partial charge is 0.464 e. The number of hydrogen-bond acceptors (Lipinski definition) is 5. The fourth-order valence-electron chi connectivity index (χ4n) is 2.75. The molecule has 2 aromatic heterocycles. The molecule has 140 valence electrons. The van der Waals surface area contributed by atoms with E-state index in [9.17, 15) is 4.79 Å². The number of aromatic nitrogens is 3. The number of nitrogens with zero attached hydrogens (tertiary/aromatic N) is 4. The second kappa shape index (κ2) is 8.60. The molecule has 0 spiro atoms. The van der Waals surface area contributed by atoms with Crippen LogP contribution in [0, 0.1) is 0 Å². The van der Waals surface area contributed by atoms with Crippen molar-refractivity contribution in [1.82, 2.24) is 19.4 Å². The molecule has 2 heterocycles. The summed E-state index contributed by atoms with van der Waals surface area (Å²) in [6.45, 7) is 1.37. The summed E-state index contributed by atoms with van der Waals surface area (Å²) in [6.07, 6.45) is 4.10. The average Bonchev–Trinajstić information content (AvgIpc) is 2.66. The molecule has 3 aromatic rings. The van der Waals surface area contributed by atoms with Crippen LogP contribution in [0.25, 0.3) is 11.3 Å². The molecule has 6 heteroatoms. The number of rotatable bonds is 7. The third-order valence-electron chi connectivity index (χ3n) is 4.21. The first kappa shape index (κ1) is 18.8. The van der Waals surface area contributed by atoms with Gasteiger partial charge in [0.05, 0.1) is 12.3 Å². The van der Waals surface area contributed by atoms with E-state index in [1.54, 1.807) is 19.4 Å². The van der Waals surface area contributed by atoms with Crippen molar-refractivity contribution in [3.63, 3.8) is 0 Å². The summed E-state index contributed by atoms with van der Waals surface area (Å²) in [6, 6.07) is 14.0. The molecule has 0 saturated heterocycles. The zero-order valence-corrected chi connectivity index (χ0v) is 15.9. The maximum atomic E-state index is 12.2. The lowest BCUT2D eigenvalue weighted by atomic mass is 10.1. The van der Waals surface area contributed by atoms with E-state index in [2.05, 4.69) is 53.2 Å². The molecule has 0 saturated carbocycles. The molecule has 0 amide bonds. The van der Waals surface area contributed by atoms with Gasteiger partial charge in [0.2, 0.25) is 0 Å². The van der Waals surface area contributed by atoms with Gasteiger partial charge < -0.3 is 9.64 Å². The zero-order chi connectivity index (χ0) is 19.2. The predicted octanol–water partition coefficient (Wildman–Crippen LogP) is 2.53. The Hall–Kier alpha value is -2.99. The standard InChI is InChI=1S/C21H24N4O2/c1-24(2)15-17-6-4-16(5-7-17)10-13-27-21-23-19(14-20(26)25(21)3)18-8-11-22-12-9-18/h4-9,11-12,14H,10,13,15H2,1-3H3. The van der Waals surface area contributed by atoms with Crippen LogP contribution >= 0.6 is 0 Å². The van der Waals surface area contributed by atoms with E-state index in [0.29, 0.717) is 18.3 Å². The van der Waals surface area contributed by atoms with E-state index in [0.717, 1.165) is 18.5 Å². The van der Waals surface area contributed by atoms with Gasteiger partial charge in [-0.15, -0.1) is 0 Å². The lowest BCUT2D eigenvalue weighted by Crippen LogP contribution is -2.20. The highest BCUT2D eigenvalue weighted by Crippen LogP contribution is 2.17. The van der Waals surface area contributed by atoms with E-state index in [1.165, 1.54) is 21.8 Å². The summed E-state index contributed by atoms with van der Waals surface area (Å²) in [5.74, 6) is 0. The Labute approximate surface area is 159 Å². The summed E-state index contributed by atoms with van der Waals surface area (Å²) in [5.41, 5.74) is 3.74. The van der Waals surface area contributed by atoms with Crippen LogP contribution in [0.3, 0.4) is 0 Å². The first-order valence-electron chi connectivity index (χ1n) is 8.87. The number of benzene rings is 1. The molecule has 6 nitrogen and oxygen atoms in total. The van der Waals surface area contributed by atoms with Gasteiger partial charge in [0.25, 0.3) is 11.6 Å². The van der Waals surface area contributed by atoms with E-state index < -0.39 is 0 Å². The Balaban J connectivity index is 1.67. The highest BCUT2D eigenvalue weighted by atomic mass is 16.5. The van der Waals surface area contributed by atoms with Gasteiger partial charge in [-0.1, -0.05) is 24.3 Å². The van der Waals surface area contributed by atoms with E-state index in [-0.39, 0.29) is 5.56 Å². The van der Waals surface area contributed by atoms with Crippen molar-refractivity contribution in [2.75, 3.05) is 20.7 Å². The Morgan fingerprint density at radius 2 is 1.70 bits per heavy atom. The molecular formula is C21H24N4O2. The third kappa shape index (κ3) is 5.01. The second-order valence-corrected chi connectivity index (χ2v) is 6.71. The quantitative estimate of drug-likeness (QED) is 0.645. The minimum absolute atomic E-state index is 0.153. The fourth-order valence-corrected chi connectivity index (χ4v) is 2.75. The van der Waals surface area contributed by atoms with Crippen LogP contribution in [0.15, 0.2) is 59.7 Å². The van der Waals surface area contributed by atoms with Gasteiger partial charge in [-0.2, -0.15) is 4.98 Å². The highest BCUT2D eigenvalue weighted by molar-refractivity contribution is 5.57. The van der Waals surface area contributed by atoms with Gasteiger partial charge in [-0.25, -0.2) is 0 Å². The Morgan fingerprint density at radius 3 is 2.37 bits per heavy atom. The maximum absolute atomic E-state index is 12.2. The Kier molecular flexibility index (Phi) is 5.98. The summed E-state index contributed by atoms with van der Waals surface area (Å²) < 4.78 is 7.23. The minimum Gasteiger partial charge on any atom is -0.464 e. The van der Waals surface area contributed by atoms with Crippen molar-refractivity contribution in [1.29, 1.82) is 0 Å². The molecule has 0 atom stereocenters. The molecular weight excluding hydrogens is 340 g/mol. The molecule has 0 unspecified atom stereocenters. The highest BCUT2D eigenvalue weighted by Gasteiger charge is 2.09. The Morgan fingerprint density at radius 1 is 1.04 bits per heavy atom. The topological polar surface area (TPSA) is 60.2 Å². The summed E-state index contributed by atoms with van der Waals surface area (Å²) in [7, 11) is 5.77. The molecule has 0 N–H and O–H groups in total. The van der Waals surface area contributed by atoms with Crippen LogP contribution in [0.5, 0.6) is 6.01 Å². The molecule has 0 radical (unpaired) electrons. The molecule has 27 heavy (non-hydrogen) atoms. The number of pyridine rings is 1. The molecule has 0 aliphatic heterocycles. The molecule has 3 rings (SSSR count). The van der Waals surface area contributed by atoms with Gasteiger partial charge in [-0.3, -0.25) is 14.3 Å². The van der Waals surface area contributed by atoms with Crippen LogP contribution in [0.1, 0.15) is 11.1 Å². The van der Waals surface area contributed by atoms with Crippen molar-refractivity contribution >= 4 is 0 Å². The van der Waals surface area contributed by atoms with Crippen molar-refractivity contribution in [3.05, 3.63) is 76.3 Å². The van der Waals surface area contributed by atoms with Crippen molar-refractivity contribution < 1.29 is 4.74 Å². The van der Waals surface area contributed by atoms with Gasteiger partial charge in [0, 0.05) is 44.0 Å². The van der Waals surface area contributed by atoms with Crippen LogP contribution in [-0.4, -0.2) is 40.1 Å². The van der Waals surface area contributed by atoms with Crippen molar-refractivity contribution in [2.24, 2.45) is 7.05 Å². The van der Waals surface area contributed by atoms with Crippen LogP contribution in [0.2, 0.25) is 0 Å². The smallest absolute Gasteiger partial charge is 0.299 e. The van der Waals surface area contributed by atoms with Crippen LogP contribution in [-0.2, 0) is 20.0 Å². The first-order chi connectivity index (χ1) is 13.0. The molecule has 0 aliphatic carbocycles. The second-order valence-electron chi connectivity index (χ2n) is 6.71. The molecule has 0 fully saturated rings. The van der Waals surface area contributed by atoms with Crippen LogP contribution < -0.4 is 10.3 Å². The first-order valence-corrected chi connectivity index (χ1v) is 8.87. The number of hydrogen-bond donors (Lipinski definition) is 0. The normalized spacial score (nSPS) is 11.0. The Bertz CT molecular complexity index is 935. The van der Waals surface area contributed by atoms with Gasteiger partial charge in [0.15, 0.2) is 0 Å². The summed E-state index contributed by atoms with van der Waals surface area (Å²) >= 11 is 0. The molecule has 0 aliphatic rings. The summed E-state index contributed by atoms with van der Waals surface area (Å²) in [4.78, 5) is 22.8. The SMILES string of the molecule is CN(C)Cc1ccc(CCOc2nc(-c3ccncc3)cc(=O)n2C)cc1. The third-order valence-corrected chi connectivity index (χ3v) is 4.21. The maximum Gasteiger partial charge on any atom is 0.299 e.